The minimum absolute atomic E-state index is 0.815. The van der Waals surface area contributed by atoms with Gasteiger partial charge in [-0.1, -0.05) is 27.7 Å². The maximum atomic E-state index is 2.53. The highest BCUT2D eigenvalue weighted by atomic mass is 15.1. The van der Waals surface area contributed by atoms with Crippen LogP contribution in [0.3, 0.4) is 0 Å². The van der Waals surface area contributed by atoms with E-state index in [1.807, 2.05) is 0 Å². The zero-order valence-corrected chi connectivity index (χ0v) is 7.85. The quantitative estimate of drug-likeness (QED) is 0.571. The molecule has 0 aromatic heterocycles. The van der Waals surface area contributed by atoms with Crippen LogP contribution in [0.1, 0.15) is 40.5 Å². The van der Waals surface area contributed by atoms with E-state index in [0.29, 0.717) is 0 Å². The van der Waals surface area contributed by atoms with Gasteiger partial charge in [-0.05, 0) is 25.9 Å². The monoisotopic (exact) mass is 143 g/mol. The van der Waals surface area contributed by atoms with Gasteiger partial charge in [-0.25, -0.2) is 0 Å². The molecule has 0 aromatic carbocycles. The van der Waals surface area contributed by atoms with Crippen LogP contribution in [0.25, 0.3) is 0 Å². The fourth-order valence-corrected chi connectivity index (χ4v) is 1.55. The summed E-state index contributed by atoms with van der Waals surface area (Å²) in [7, 11) is 0. The maximum absolute atomic E-state index is 2.53. The van der Waals surface area contributed by atoms with Gasteiger partial charge in [0.25, 0.3) is 0 Å². The smallest absolute Gasteiger partial charge is 0.00897 e. The van der Waals surface area contributed by atoms with Gasteiger partial charge in [0, 0.05) is 6.04 Å². The van der Waals surface area contributed by atoms with Gasteiger partial charge in [0.05, 0.1) is 0 Å². The first-order valence-corrected chi connectivity index (χ1v) is 4.54. The lowest BCUT2D eigenvalue weighted by molar-refractivity contribution is 0.206. The highest BCUT2D eigenvalue weighted by Gasteiger charge is 2.09. The van der Waals surface area contributed by atoms with Crippen LogP contribution in [0.5, 0.6) is 0 Å². The summed E-state index contributed by atoms with van der Waals surface area (Å²) in [6, 6.07) is 0.815. The van der Waals surface area contributed by atoms with E-state index in [4.69, 9.17) is 0 Å². The molecule has 0 bridgehead atoms. The summed E-state index contributed by atoms with van der Waals surface area (Å²) in [5.74, 6) is 0. The van der Waals surface area contributed by atoms with Gasteiger partial charge in [0.2, 0.25) is 0 Å². The van der Waals surface area contributed by atoms with Crippen molar-refractivity contribution in [1.82, 2.24) is 4.90 Å². The minimum atomic E-state index is 0.815. The SMILES string of the molecule is CCC(CC)N(CC)CC. The molecule has 0 fully saturated rings. The van der Waals surface area contributed by atoms with E-state index in [1.54, 1.807) is 0 Å². The third-order valence-corrected chi connectivity index (χ3v) is 2.27. The number of hydrogen-bond donors (Lipinski definition) is 0. The molecule has 0 aliphatic carbocycles. The molecule has 0 spiro atoms. The largest absolute Gasteiger partial charge is 0.301 e. The molecule has 0 saturated carbocycles. The zero-order valence-electron chi connectivity index (χ0n) is 7.85. The molecular weight excluding hydrogens is 122 g/mol. The molecule has 0 N–H and O–H groups in total. The Kier molecular flexibility index (Phi) is 5.70. The summed E-state index contributed by atoms with van der Waals surface area (Å²) < 4.78 is 0. The van der Waals surface area contributed by atoms with Gasteiger partial charge >= 0.3 is 0 Å². The fourth-order valence-electron chi connectivity index (χ4n) is 1.55. The molecule has 0 atom stereocenters. The lowest BCUT2D eigenvalue weighted by Crippen LogP contribution is -2.33. The summed E-state index contributed by atoms with van der Waals surface area (Å²) in [4.78, 5) is 2.53. The summed E-state index contributed by atoms with van der Waals surface area (Å²) >= 11 is 0. The molecule has 0 unspecified atom stereocenters. The van der Waals surface area contributed by atoms with Crippen molar-refractivity contribution in [2.24, 2.45) is 0 Å². The third kappa shape index (κ3) is 2.70. The Balaban J connectivity index is 3.70. The highest BCUT2D eigenvalue weighted by Crippen LogP contribution is 2.06. The molecule has 0 aromatic rings. The summed E-state index contributed by atoms with van der Waals surface area (Å²) in [5.41, 5.74) is 0. The molecule has 0 rings (SSSR count). The van der Waals surface area contributed by atoms with Crippen LogP contribution < -0.4 is 0 Å². The first-order valence-electron chi connectivity index (χ1n) is 4.54. The fraction of sp³-hybridized carbons (Fsp3) is 1.00. The average Bonchev–Trinajstić information content (AvgIpc) is 2.00. The lowest BCUT2D eigenvalue weighted by Gasteiger charge is -2.27. The van der Waals surface area contributed by atoms with E-state index < -0.39 is 0 Å². The second-order valence-corrected chi connectivity index (χ2v) is 2.69. The number of nitrogens with zero attached hydrogens (tertiary/aromatic N) is 1. The Hall–Kier alpha value is -0.0400. The first-order chi connectivity index (χ1) is 4.79. The van der Waals surface area contributed by atoms with Gasteiger partial charge < -0.3 is 4.90 Å². The van der Waals surface area contributed by atoms with Crippen LogP contribution in [-0.4, -0.2) is 24.0 Å². The molecule has 62 valence electrons. The standard InChI is InChI=1S/C9H21N/c1-5-9(6-2)10(7-3)8-4/h9H,5-8H2,1-4H3. The Morgan fingerprint density at radius 2 is 1.30 bits per heavy atom. The molecule has 0 heterocycles. The van der Waals surface area contributed by atoms with Crippen LogP contribution in [0.15, 0.2) is 0 Å². The Labute approximate surface area is 65.4 Å². The predicted molar refractivity (Wildman–Crippen MR) is 47.3 cm³/mol. The van der Waals surface area contributed by atoms with Crippen LogP contribution in [0.4, 0.5) is 0 Å². The second kappa shape index (κ2) is 5.72. The molecule has 0 amide bonds. The van der Waals surface area contributed by atoms with Crippen molar-refractivity contribution in [3.05, 3.63) is 0 Å². The molecule has 10 heavy (non-hydrogen) atoms. The van der Waals surface area contributed by atoms with E-state index in [9.17, 15) is 0 Å². The Morgan fingerprint density at radius 1 is 0.900 bits per heavy atom. The number of rotatable bonds is 5. The van der Waals surface area contributed by atoms with E-state index in [1.165, 1.54) is 25.9 Å². The van der Waals surface area contributed by atoms with Crippen molar-refractivity contribution in [3.8, 4) is 0 Å². The van der Waals surface area contributed by atoms with Crippen LogP contribution >= 0.6 is 0 Å². The third-order valence-electron chi connectivity index (χ3n) is 2.27. The molecule has 1 nitrogen and oxygen atoms in total. The highest BCUT2D eigenvalue weighted by molar-refractivity contribution is 4.65. The topological polar surface area (TPSA) is 3.24 Å². The van der Waals surface area contributed by atoms with Gasteiger partial charge in [0.1, 0.15) is 0 Å². The van der Waals surface area contributed by atoms with Crippen molar-refractivity contribution in [2.75, 3.05) is 13.1 Å². The minimum Gasteiger partial charge on any atom is -0.301 e. The van der Waals surface area contributed by atoms with Gasteiger partial charge in [-0.3, -0.25) is 0 Å². The van der Waals surface area contributed by atoms with E-state index in [2.05, 4.69) is 32.6 Å². The lowest BCUT2D eigenvalue weighted by atomic mass is 10.1. The van der Waals surface area contributed by atoms with Gasteiger partial charge in [-0.2, -0.15) is 0 Å². The van der Waals surface area contributed by atoms with E-state index >= 15 is 0 Å². The second-order valence-electron chi connectivity index (χ2n) is 2.69. The normalized spacial score (nSPS) is 11.4. The van der Waals surface area contributed by atoms with Crippen molar-refractivity contribution in [3.63, 3.8) is 0 Å². The Bertz CT molecular complexity index is 53.1. The molecule has 0 saturated heterocycles. The van der Waals surface area contributed by atoms with Crippen LogP contribution in [0, 0.1) is 0 Å². The van der Waals surface area contributed by atoms with Gasteiger partial charge in [-0.15, -0.1) is 0 Å². The van der Waals surface area contributed by atoms with Crippen molar-refractivity contribution in [2.45, 2.75) is 46.6 Å². The maximum Gasteiger partial charge on any atom is 0.00897 e. The average molecular weight is 143 g/mol. The Morgan fingerprint density at radius 3 is 1.40 bits per heavy atom. The molecule has 0 radical (unpaired) electrons. The molecule has 1 heteroatoms. The summed E-state index contributed by atoms with van der Waals surface area (Å²) in [6.07, 6.45) is 2.58. The van der Waals surface area contributed by atoms with Crippen molar-refractivity contribution in [1.29, 1.82) is 0 Å². The zero-order chi connectivity index (χ0) is 7.98. The predicted octanol–water partition coefficient (Wildman–Crippen LogP) is 2.52. The van der Waals surface area contributed by atoms with Crippen LogP contribution in [-0.2, 0) is 0 Å². The van der Waals surface area contributed by atoms with Crippen LogP contribution in [0.2, 0.25) is 0 Å². The molecule has 0 aliphatic heterocycles. The first kappa shape index (κ1) is 9.96. The van der Waals surface area contributed by atoms with Gasteiger partial charge in [0.15, 0.2) is 0 Å². The van der Waals surface area contributed by atoms with E-state index in [-0.39, 0.29) is 0 Å². The van der Waals surface area contributed by atoms with Crippen molar-refractivity contribution < 1.29 is 0 Å². The number of hydrogen-bond acceptors (Lipinski definition) is 1. The summed E-state index contributed by atoms with van der Waals surface area (Å²) in [5, 5.41) is 0. The summed E-state index contributed by atoms with van der Waals surface area (Å²) in [6.45, 7) is 11.4. The molecular formula is C9H21N. The molecule has 0 aliphatic rings. The van der Waals surface area contributed by atoms with Crippen molar-refractivity contribution >= 4 is 0 Å². The van der Waals surface area contributed by atoms with E-state index in [0.717, 1.165) is 6.04 Å².